The molecule has 0 aliphatic carbocycles. The fraction of sp³-hybridized carbons (Fsp3) is 0.423. The number of rotatable bonds is 9. The predicted molar refractivity (Wildman–Crippen MR) is 123 cm³/mol. The molecule has 1 heterocycles. The van der Waals surface area contributed by atoms with E-state index in [0.717, 1.165) is 18.4 Å². The summed E-state index contributed by atoms with van der Waals surface area (Å²) in [6, 6.07) is 15.4. The van der Waals surface area contributed by atoms with Crippen molar-refractivity contribution in [2.75, 3.05) is 0 Å². The second-order valence-electron chi connectivity index (χ2n) is 9.30. The first-order valence-electron chi connectivity index (χ1n) is 11.1. The van der Waals surface area contributed by atoms with Crippen molar-refractivity contribution in [3.8, 4) is 6.07 Å². The highest BCUT2D eigenvalue weighted by molar-refractivity contribution is 5.80. The van der Waals surface area contributed by atoms with Gasteiger partial charge in [0.15, 0.2) is 0 Å². The summed E-state index contributed by atoms with van der Waals surface area (Å²) in [5, 5.41) is 19.8. The molecule has 5 nitrogen and oxygen atoms in total. The summed E-state index contributed by atoms with van der Waals surface area (Å²) in [5.41, 5.74) is -1.94. The third-order valence-corrected chi connectivity index (χ3v) is 6.15. The molecule has 1 atom stereocenters. The molecule has 0 aliphatic rings. The van der Waals surface area contributed by atoms with Crippen LogP contribution in [0.5, 0.6) is 0 Å². The van der Waals surface area contributed by atoms with Crippen LogP contribution >= 0.6 is 0 Å². The quantitative estimate of drug-likeness (QED) is 0.401. The maximum Gasteiger partial charge on any atom is 0.411 e. The largest absolute Gasteiger partial charge is 0.411 e. The van der Waals surface area contributed by atoms with Crippen LogP contribution in [-0.4, -0.2) is 26.6 Å². The normalized spacial score (nSPS) is 14.1. The molecule has 0 aliphatic heterocycles. The van der Waals surface area contributed by atoms with E-state index < -0.39 is 17.3 Å². The minimum absolute atomic E-state index is 0.0342. The van der Waals surface area contributed by atoms with Crippen LogP contribution in [0.15, 0.2) is 48.5 Å². The van der Waals surface area contributed by atoms with Crippen molar-refractivity contribution in [3.05, 3.63) is 65.5 Å². The van der Waals surface area contributed by atoms with Crippen LogP contribution in [0.25, 0.3) is 11.0 Å². The standard InChI is InChI=1S/C26H28F3N3O2/c1-24(2,26(27,28)29)32-22-15-18(17-30)13-14-21(22)31-23(32)12-8-7-11-20(33)16-25(3,34)19-9-5-4-6-10-19/h4-6,9-10,13-15,34H,7-8,11-12,16H2,1-3H3. The van der Waals surface area contributed by atoms with Gasteiger partial charge in [-0.05, 0) is 57.4 Å². The topological polar surface area (TPSA) is 78.9 Å². The van der Waals surface area contributed by atoms with E-state index in [-0.39, 0.29) is 42.0 Å². The van der Waals surface area contributed by atoms with E-state index in [4.69, 9.17) is 0 Å². The number of benzene rings is 2. The first kappa shape index (κ1) is 25.4. The van der Waals surface area contributed by atoms with E-state index in [1.54, 1.807) is 37.3 Å². The number of unbranched alkanes of at least 4 members (excludes halogenated alkanes) is 1. The van der Waals surface area contributed by atoms with Crippen molar-refractivity contribution in [1.29, 1.82) is 5.26 Å². The minimum Gasteiger partial charge on any atom is -0.385 e. The number of nitrogens with zero attached hydrogens (tertiary/aromatic N) is 3. The fourth-order valence-electron chi connectivity index (χ4n) is 4.09. The SMILES string of the molecule is CC(O)(CC(=O)CCCCc1nc2ccc(C#N)cc2n1C(C)(C)C(F)(F)F)c1ccccc1. The van der Waals surface area contributed by atoms with E-state index in [2.05, 4.69) is 4.98 Å². The van der Waals surface area contributed by atoms with Crippen molar-refractivity contribution in [3.63, 3.8) is 0 Å². The Kier molecular flexibility index (Phi) is 7.18. The monoisotopic (exact) mass is 471 g/mol. The van der Waals surface area contributed by atoms with E-state index in [1.807, 2.05) is 12.1 Å². The van der Waals surface area contributed by atoms with Gasteiger partial charge in [0.2, 0.25) is 0 Å². The first-order chi connectivity index (χ1) is 15.9. The van der Waals surface area contributed by atoms with Gasteiger partial charge >= 0.3 is 6.18 Å². The van der Waals surface area contributed by atoms with Gasteiger partial charge in [-0.2, -0.15) is 18.4 Å². The molecule has 1 N–H and O–H groups in total. The molecule has 0 spiro atoms. The maximum atomic E-state index is 13.9. The number of carbonyl (C=O) groups excluding carboxylic acids is 1. The summed E-state index contributed by atoms with van der Waals surface area (Å²) in [6.45, 7) is 3.77. The lowest BCUT2D eigenvalue weighted by Gasteiger charge is -2.31. The second-order valence-corrected chi connectivity index (χ2v) is 9.30. The zero-order valence-electron chi connectivity index (χ0n) is 19.5. The number of carbonyl (C=O) groups is 1. The molecule has 1 aromatic heterocycles. The highest BCUT2D eigenvalue weighted by atomic mass is 19.4. The van der Waals surface area contributed by atoms with Gasteiger partial charge in [-0.3, -0.25) is 4.79 Å². The molecule has 0 radical (unpaired) electrons. The zero-order chi connectivity index (χ0) is 25.1. The molecule has 2 aromatic carbocycles. The average Bonchev–Trinajstić information content (AvgIpc) is 3.14. The molecule has 0 saturated heterocycles. The van der Waals surface area contributed by atoms with Gasteiger partial charge in [-0.25, -0.2) is 4.98 Å². The Morgan fingerprint density at radius 3 is 2.38 bits per heavy atom. The molecule has 0 bridgehead atoms. The molecule has 1 unspecified atom stereocenters. The molecule has 0 amide bonds. The van der Waals surface area contributed by atoms with Crippen molar-refractivity contribution < 1.29 is 23.1 Å². The summed E-state index contributed by atoms with van der Waals surface area (Å²) in [5.74, 6) is 0.146. The number of Topliss-reactive ketones (excluding diaryl/α,β-unsaturated/α-hetero) is 1. The minimum atomic E-state index is -4.53. The number of aromatic nitrogens is 2. The van der Waals surface area contributed by atoms with Crippen LogP contribution in [-0.2, 0) is 22.4 Å². The summed E-state index contributed by atoms with van der Waals surface area (Å²) in [4.78, 5) is 16.9. The molecule has 3 rings (SSSR count). The van der Waals surface area contributed by atoms with Crippen molar-refractivity contribution in [2.24, 2.45) is 0 Å². The van der Waals surface area contributed by atoms with Gasteiger partial charge in [0.25, 0.3) is 0 Å². The number of hydrogen-bond acceptors (Lipinski definition) is 4. The second kappa shape index (κ2) is 9.59. The lowest BCUT2D eigenvalue weighted by molar-refractivity contribution is -0.202. The van der Waals surface area contributed by atoms with Crippen molar-refractivity contribution in [1.82, 2.24) is 9.55 Å². The third-order valence-electron chi connectivity index (χ3n) is 6.15. The number of fused-ring (bicyclic) bond motifs is 1. The summed E-state index contributed by atoms with van der Waals surface area (Å²) in [7, 11) is 0. The molecule has 3 aromatic rings. The van der Waals surface area contributed by atoms with Crippen LogP contribution in [0, 0.1) is 11.3 Å². The molecule has 34 heavy (non-hydrogen) atoms. The van der Waals surface area contributed by atoms with E-state index in [9.17, 15) is 28.3 Å². The predicted octanol–water partition coefficient (Wildman–Crippen LogP) is 5.79. The van der Waals surface area contributed by atoms with Gasteiger partial charge < -0.3 is 9.67 Å². The zero-order valence-corrected chi connectivity index (χ0v) is 19.5. The lowest BCUT2D eigenvalue weighted by Crippen LogP contribution is -2.43. The Balaban J connectivity index is 1.72. The van der Waals surface area contributed by atoms with Gasteiger partial charge in [-0.15, -0.1) is 0 Å². The smallest absolute Gasteiger partial charge is 0.385 e. The number of nitriles is 1. The van der Waals surface area contributed by atoms with Crippen LogP contribution < -0.4 is 0 Å². The Bertz CT molecular complexity index is 1210. The van der Waals surface area contributed by atoms with Crippen LogP contribution in [0.1, 0.15) is 63.4 Å². The molecule has 8 heteroatoms. The number of halogens is 3. The van der Waals surface area contributed by atoms with Crippen LogP contribution in [0.3, 0.4) is 0 Å². The lowest BCUT2D eigenvalue weighted by atomic mass is 9.89. The Hall–Kier alpha value is -3.18. The number of hydrogen-bond donors (Lipinski definition) is 1. The van der Waals surface area contributed by atoms with Gasteiger partial charge in [0, 0.05) is 19.3 Å². The summed E-state index contributed by atoms with van der Waals surface area (Å²) < 4.78 is 42.8. The van der Waals surface area contributed by atoms with E-state index in [1.165, 1.54) is 12.1 Å². The Morgan fingerprint density at radius 1 is 1.09 bits per heavy atom. The van der Waals surface area contributed by atoms with Crippen molar-refractivity contribution in [2.45, 2.75) is 70.2 Å². The number of aliphatic hydroxyl groups is 1. The summed E-state index contributed by atoms with van der Waals surface area (Å²) >= 11 is 0. The van der Waals surface area contributed by atoms with Crippen LogP contribution in [0.4, 0.5) is 13.2 Å². The third kappa shape index (κ3) is 5.31. The van der Waals surface area contributed by atoms with E-state index >= 15 is 0 Å². The number of imidazole rings is 1. The Labute approximate surface area is 196 Å². The molecular formula is C26H28F3N3O2. The highest BCUT2D eigenvalue weighted by Gasteiger charge is 2.50. The summed E-state index contributed by atoms with van der Waals surface area (Å²) in [6.07, 6.45) is -3.18. The first-order valence-corrected chi connectivity index (χ1v) is 11.1. The molecule has 0 saturated carbocycles. The van der Waals surface area contributed by atoms with Crippen molar-refractivity contribution >= 4 is 16.8 Å². The van der Waals surface area contributed by atoms with Crippen LogP contribution in [0.2, 0.25) is 0 Å². The van der Waals surface area contributed by atoms with Gasteiger partial charge in [0.05, 0.1) is 28.3 Å². The maximum absolute atomic E-state index is 13.9. The number of aryl methyl sites for hydroxylation is 1. The highest BCUT2D eigenvalue weighted by Crippen LogP contribution is 2.39. The number of ketones is 1. The molecule has 0 fully saturated rings. The number of alkyl halides is 3. The van der Waals surface area contributed by atoms with Gasteiger partial charge in [-0.1, -0.05) is 30.3 Å². The van der Waals surface area contributed by atoms with E-state index in [0.29, 0.717) is 23.9 Å². The molecular weight excluding hydrogens is 443 g/mol. The molecule has 180 valence electrons. The fourth-order valence-corrected chi connectivity index (χ4v) is 4.09. The average molecular weight is 472 g/mol. The van der Waals surface area contributed by atoms with Gasteiger partial charge in [0.1, 0.15) is 17.1 Å². The Morgan fingerprint density at radius 2 is 1.76 bits per heavy atom.